The number of benzene rings is 2. The van der Waals surface area contributed by atoms with Crippen molar-refractivity contribution in [1.29, 1.82) is 0 Å². The van der Waals surface area contributed by atoms with Gasteiger partial charge in [-0.25, -0.2) is 8.42 Å². The monoisotopic (exact) mass is 509 g/mol. The van der Waals surface area contributed by atoms with Crippen molar-refractivity contribution >= 4 is 39.1 Å². The van der Waals surface area contributed by atoms with Crippen LogP contribution in [0.1, 0.15) is 32.3 Å². The summed E-state index contributed by atoms with van der Waals surface area (Å²) in [4.78, 5) is 26.9. The molecule has 186 valence electrons. The second-order valence-corrected chi connectivity index (χ2v) is 10.1. The summed E-state index contributed by atoms with van der Waals surface area (Å²) in [6.45, 7) is 4.11. The number of sulfonamides is 1. The lowest BCUT2D eigenvalue weighted by Crippen LogP contribution is -2.46. The number of carbonyl (C=O) groups is 2. The number of para-hydroxylation sites is 2. The number of carbonyl (C=O) groups excluding carboxylic acids is 2. The largest absolute Gasteiger partial charge is 0.492 e. The zero-order valence-corrected chi connectivity index (χ0v) is 21.5. The number of hydrogen-bond acceptors (Lipinski definition) is 5. The Morgan fingerprint density at radius 1 is 1.12 bits per heavy atom. The number of nitrogens with one attached hydrogen (secondary N) is 1. The summed E-state index contributed by atoms with van der Waals surface area (Å²) in [5, 5.41) is 3.07. The van der Waals surface area contributed by atoms with Gasteiger partial charge in [0.05, 0.1) is 18.6 Å². The van der Waals surface area contributed by atoms with Crippen LogP contribution in [0.2, 0.25) is 5.02 Å². The van der Waals surface area contributed by atoms with Crippen LogP contribution in [0.25, 0.3) is 0 Å². The van der Waals surface area contributed by atoms with E-state index in [4.69, 9.17) is 16.3 Å². The summed E-state index contributed by atoms with van der Waals surface area (Å²) >= 11 is 6.27. The predicted octanol–water partition coefficient (Wildman–Crippen LogP) is 3.45. The molecular formula is C24H32ClN3O5S. The van der Waals surface area contributed by atoms with Gasteiger partial charge in [0, 0.05) is 31.6 Å². The molecule has 2 aromatic carbocycles. The molecule has 1 unspecified atom stereocenters. The van der Waals surface area contributed by atoms with E-state index < -0.39 is 16.1 Å². The maximum Gasteiger partial charge on any atom is 0.242 e. The van der Waals surface area contributed by atoms with E-state index >= 15 is 0 Å². The van der Waals surface area contributed by atoms with Gasteiger partial charge in [0.1, 0.15) is 11.8 Å². The number of hydrogen-bond donors (Lipinski definition) is 1. The van der Waals surface area contributed by atoms with Gasteiger partial charge in [0.15, 0.2) is 0 Å². The Kier molecular flexibility index (Phi) is 10.2. The van der Waals surface area contributed by atoms with E-state index in [1.54, 1.807) is 49.4 Å². The van der Waals surface area contributed by atoms with E-state index in [9.17, 15) is 18.0 Å². The van der Waals surface area contributed by atoms with Crippen LogP contribution in [0.3, 0.4) is 0 Å². The summed E-state index contributed by atoms with van der Waals surface area (Å²) in [6.07, 6.45) is 1.43. The molecule has 0 spiro atoms. The van der Waals surface area contributed by atoms with Crippen LogP contribution in [0.5, 0.6) is 5.75 Å². The van der Waals surface area contributed by atoms with Crippen LogP contribution in [-0.4, -0.2) is 57.6 Å². The van der Waals surface area contributed by atoms with Crippen LogP contribution >= 0.6 is 11.6 Å². The molecule has 0 saturated heterocycles. The van der Waals surface area contributed by atoms with Gasteiger partial charge in [-0.15, -0.1) is 0 Å². The van der Waals surface area contributed by atoms with Gasteiger partial charge in [-0.1, -0.05) is 41.9 Å². The van der Waals surface area contributed by atoms with Gasteiger partial charge in [0.25, 0.3) is 0 Å². The Morgan fingerprint density at radius 3 is 2.38 bits per heavy atom. The van der Waals surface area contributed by atoms with Crippen molar-refractivity contribution in [2.24, 2.45) is 0 Å². The average Bonchev–Trinajstić information content (AvgIpc) is 2.80. The Labute approximate surface area is 206 Å². The molecule has 0 aromatic heterocycles. The molecule has 0 heterocycles. The van der Waals surface area contributed by atoms with Crippen molar-refractivity contribution in [2.75, 3.05) is 30.8 Å². The highest BCUT2D eigenvalue weighted by Crippen LogP contribution is 2.30. The Morgan fingerprint density at radius 2 is 1.76 bits per heavy atom. The second-order valence-electron chi connectivity index (χ2n) is 7.74. The molecule has 10 heteroatoms. The number of rotatable bonds is 12. The average molecular weight is 510 g/mol. The molecule has 2 amide bonds. The van der Waals surface area contributed by atoms with E-state index in [1.807, 2.05) is 13.0 Å². The van der Waals surface area contributed by atoms with E-state index in [0.29, 0.717) is 23.1 Å². The summed E-state index contributed by atoms with van der Waals surface area (Å²) < 4.78 is 31.9. The van der Waals surface area contributed by atoms with Crippen LogP contribution in [0.15, 0.2) is 48.5 Å². The quantitative estimate of drug-likeness (QED) is 0.472. The molecule has 1 atom stereocenters. The van der Waals surface area contributed by atoms with E-state index in [1.165, 1.54) is 16.3 Å². The maximum absolute atomic E-state index is 13.2. The molecule has 0 aliphatic rings. The van der Waals surface area contributed by atoms with Crippen LogP contribution < -0.4 is 14.4 Å². The van der Waals surface area contributed by atoms with Crippen molar-refractivity contribution < 1.29 is 22.7 Å². The third-order valence-electron chi connectivity index (χ3n) is 5.30. The zero-order chi connectivity index (χ0) is 25.3. The molecule has 1 N–H and O–H groups in total. The topological polar surface area (TPSA) is 96.0 Å². The fourth-order valence-corrected chi connectivity index (χ4v) is 4.69. The van der Waals surface area contributed by atoms with Gasteiger partial charge in [-0.2, -0.15) is 0 Å². The van der Waals surface area contributed by atoms with Crippen LogP contribution in [0.4, 0.5) is 5.69 Å². The first-order valence-electron chi connectivity index (χ1n) is 11.0. The highest BCUT2D eigenvalue weighted by Gasteiger charge is 2.27. The number of nitrogens with zero attached hydrogens (tertiary/aromatic N) is 2. The molecule has 8 nitrogen and oxygen atoms in total. The first-order chi connectivity index (χ1) is 16.1. The van der Waals surface area contributed by atoms with Crippen molar-refractivity contribution in [3.63, 3.8) is 0 Å². The number of ether oxygens (including phenoxy) is 1. The van der Waals surface area contributed by atoms with Crippen molar-refractivity contribution in [2.45, 2.75) is 39.3 Å². The molecule has 2 rings (SSSR count). The maximum atomic E-state index is 13.2. The number of halogens is 1. The normalized spacial score (nSPS) is 12.0. The minimum atomic E-state index is -3.62. The van der Waals surface area contributed by atoms with Crippen molar-refractivity contribution in [3.05, 3.63) is 59.1 Å². The van der Waals surface area contributed by atoms with Crippen LogP contribution in [0, 0.1) is 0 Å². The van der Waals surface area contributed by atoms with Gasteiger partial charge >= 0.3 is 0 Å². The molecule has 34 heavy (non-hydrogen) atoms. The van der Waals surface area contributed by atoms with Crippen molar-refractivity contribution in [3.8, 4) is 5.75 Å². The molecule has 0 aliphatic carbocycles. The summed E-state index contributed by atoms with van der Waals surface area (Å²) in [5.41, 5.74) is 1.14. The van der Waals surface area contributed by atoms with Crippen LogP contribution in [-0.2, 0) is 26.2 Å². The minimum Gasteiger partial charge on any atom is -0.492 e. The highest BCUT2D eigenvalue weighted by atomic mass is 35.5. The summed E-state index contributed by atoms with van der Waals surface area (Å²) in [5.74, 6) is -0.123. The van der Waals surface area contributed by atoms with Gasteiger partial charge in [-0.05, 0) is 44.0 Å². The third-order valence-corrected chi connectivity index (χ3v) is 6.85. The smallest absolute Gasteiger partial charge is 0.242 e. The highest BCUT2D eigenvalue weighted by molar-refractivity contribution is 7.92. The van der Waals surface area contributed by atoms with E-state index in [0.717, 1.165) is 11.8 Å². The molecule has 0 radical (unpaired) electrons. The lowest BCUT2D eigenvalue weighted by atomic mass is 10.1. The molecule has 0 aliphatic heterocycles. The zero-order valence-electron chi connectivity index (χ0n) is 20.0. The number of likely N-dealkylation sites (N-methyl/N-ethyl adjacent to an activating group) is 1. The Balaban J connectivity index is 2.20. The van der Waals surface area contributed by atoms with Crippen molar-refractivity contribution in [1.82, 2.24) is 10.2 Å². The first kappa shape index (κ1) is 27.5. The molecule has 0 saturated carbocycles. The van der Waals surface area contributed by atoms with Gasteiger partial charge in [0.2, 0.25) is 21.8 Å². The summed E-state index contributed by atoms with van der Waals surface area (Å²) in [6, 6.07) is 13.3. The van der Waals surface area contributed by atoms with Gasteiger partial charge < -0.3 is 15.0 Å². The Hall–Kier alpha value is -2.78. The fraction of sp³-hybridized carbons (Fsp3) is 0.417. The number of anilines is 1. The number of amides is 2. The predicted molar refractivity (Wildman–Crippen MR) is 135 cm³/mol. The minimum absolute atomic E-state index is 0.0502. The fourth-order valence-electron chi connectivity index (χ4n) is 3.52. The molecular weight excluding hydrogens is 478 g/mol. The third kappa shape index (κ3) is 7.36. The van der Waals surface area contributed by atoms with E-state index in [-0.39, 0.29) is 37.7 Å². The Bertz CT molecular complexity index is 1090. The first-order valence-corrected chi connectivity index (χ1v) is 13.3. The second kappa shape index (κ2) is 12.6. The lowest BCUT2D eigenvalue weighted by Gasteiger charge is -2.29. The SMILES string of the molecule is CCOc1ccccc1N(CCCC(=O)N(Cc1ccccc1Cl)C(C)C(=O)NC)S(C)(=O)=O. The van der Waals surface area contributed by atoms with Gasteiger partial charge in [-0.3, -0.25) is 13.9 Å². The standard InChI is InChI=1S/C24H32ClN3O5S/c1-5-33-22-14-9-8-13-21(22)28(34(4,31)32)16-10-15-23(29)27(18(2)24(30)26-3)17-19-11-6-7-12-20(19)25/h6-9,11-14,18H,5,10,15-17H2,1-4H3,(H,26,30). The summed E-state index contributed by atoms with van der Waals surface area (Å²) in [7, 11) is -2.11. The molecule has 0 bridgehead atoms. The van der Waals surface area contributed by atoms with E-state index in [2.05, 4.69) is 5.32 Å². The molecule has 0 fully saturated rings. The lowest BCUT2D eigenvalue weighted by molar-refractivity contribution is -0.140. The molecule has 2 aromatic rings.